The van der Waals surface area contributed by atoms with Gasteiger partial charge in [-0.25, -0.2) is 8.42 Å². The number of hydrogen-bond donors (Lipinski definition) is 1. The summed E-state index contributed by atoms with van der Waals surface area (Å²) in [5.41, 5.74) is 1.45. The van der Waals surface area contributed by atoms with E-state index in [1.165, 1.54) is 9.21 Å². The van der Waals surface area contributed by atoms with Crippen molar-refractivity contribution in [1.82, 2.24) is 10.2 Å². The van der Waals surface area contributed by atoms with E-state index in [9.17, 15) is 18.0 Å². The summed E-state index contributed by atoms with van der Waals surface area (Å²) in [6.07, 6.45) is 1.44. The second kappa shape index (κ2) is 12.3. The van der Waals surface area contributed by atoms with Crippen molar-refractivity contribution in [3.8, 4) is 0 Å². The minimum Gasteiger partial charge on any atom is -0.350 e. The SMILES string of the molecule is Cc1ccccc1N(CCCC(=O)N(Cc1c(Cl)cccc1Cl)[C@H](C)C(=O)NC(C)(C)C)S(C)(=O)=O. The second-order valence-corrected chi connectivity index (χ2v) is 12.6. The highest BCUT2D eigenvalue weighted by Crippen LogP contribution is 2.27. The van der Waals surface area contributed by atoms with E-state index in [1.54, 1.807) is 37.3 Å². The molecule has 2 amide bonds. The molecule has 0 aliphatic carbocycles. The Hall–Kier alpha value is -2.29. The first-order chi connectivity index (χ1) is 16.6. The van der Waals surface area contributed by atoms with Crippen molar-refractivity contribution in [2.75, 3.05) is 17.1 Å². The van der Waals surface area contributed by atoms with Crippen molar-refractivity contribution in [2.24, 2.45) is 0 Å². The fraction of sp³-hybridized carbons (Fsp3) is 0.462. The van der Waals surface area contributed by atoms with E-state index in [0.717, 1.165) is 11.8 Å². The molecule has 0 unspecified atom stereocenters. The number of para-hydroxylation sites is 1. The zero-order valence-corrected chi connectivity index (χ0v) is 24.0. The van der Waals surface area contributed by atoms with Crippen molar-refractivity contribution in [3.05, 3.63) is 63.6 Å². The molecule has 10 heteroatoms. The van der Waals surface area contributed by atoms with Crippen LogP contribution in [0.1, 0.15) is 51.7 Å². The van der Waals surface area contributed by atoms with Gasteiger partial charge in [0.1, 0.15) is 6.04 Å². The summed E-state index contributed by atoms with van der Waals surface area (Å²) in [6, 6.07) is 11.5. The third-order valence-electron chi connectivity index (χ3n) is 5.59. The number of anilines is 1. The molecule has 1 atom stereocenters. The molecular formula is C26H35Cl2N3O4S. The molecule has 0 aliphatic rings. The minimum absolute atomic E-state index is 0.0348. The fourth-order valence-corrected chi connectivity index (χ4v) is 5.28. The Morgan fingerprint density at radius 2 is 1.61 bits per heavy atom. The average Bonchev–Trinajstić information content (AvgIpc) is 2.75. The number of nitrogens with one attached hydrogen (secondary N) is 1. The van der Waals surface area contributed by atoms with Gasteiger partial charge in [-0.1, -0.05) is 47.5 Å². The lowest BCUT2D eigenvalue weighted by Crippen LogP contribution is -2.52. The average molecular weight is 557 g/mol. The van der Waals surface area contributed by atoms with Crippen LogP contribution < -0.4 is 9.62 Å². The number of amides is 2. The quantitative estimate of drug-likeness (QED) is 0.437. The lowest BCUT2D eigenvalue weighted by molar-refractivity contribution is -0.141. The van der Waals surface area contributed by atoms with E-state index < -0.39 is 21.6 Å². The summed E-state index contributed by atoms with van der Waals surface area (Å²) in [6.45, 7) is 9.24. The summed E-state index contributed by atoms with van der Waals surface area (Å²) in [4.78, 5) is 27.8. The molecule has 0 aliphatic heterocycles. The highest BCUT2D eigenvalue weighted by Gasteiger charge is 2.29. The number of sulfonamides is 1. The zero-order chi connectivity index (χ0) is 27.3. The van der Waals surface area contributed by atoms with Crippen LogP contribution in [-0.4, -0.2) is 49.5 Å². The summed E-state index contributed by atoms with van der Waals surface area (Å²) >= 11 is 12.7. The van der Waals surface area contributed by atoms with Crippen LogP contribution in [0.3, 0.4) is 0 Å². The van der Waals surface area contributed by atoms with E-state index in [4.69, 9.17) is 23.2 Å². The molecule has 2 aromatic rings. The molecule has 0 spiro atoms. The number of halogens is 2. The Labute approximate surface area is 224 Å². The van der Waals surface area contributed by atoms with Gasteiger partial charge in [0.15, 0.2) is 0 Å². The molecule has 0 bridgehead atoms. The monoisotopic (exact) mass is 555 g/mol. The third-order valence-corrected chi connectivity index (χ3v) is 7.48. The number of rotatable bonds is 10. The first kappa shape index (κ1) is 29.9. The van der Waals surface area contributed by atoms with Gasteiger partial charge in [0.05, 0.1) is 11.9 Å². The summed E-state index contributed by atoms with van der Waals surface area (Å²) < 4.78 is 26.3. The number of carbonyl (C=O) groups excluding carboxylic acids is 2. The van der Waals surface area contributed by atoms with Gasteiger partial charge in [-0.2, -0.15) is 0 Å². The summed E-state index contributed by atoms with van der Waals surface area (Å²) in [5.74, 6) is -0.613. The van der Waals surface area contributed by atoms with Crippen LogP contribution in [0.15, 0.2) is 42.5 Å². The smallest absolute Gasteiger partial charge is 0.242 e. The summed E-state index contributed by atoms with van der Waals surface area (Å²) in [5, 5.41) is 3.69. The molecule has 0 heterocycles. The van der Waals surface area contributed by atoms with Crippen molar-refractivity contribution in [3.63, 3.8) is 0 Å². The first-order valence-corrected chi connectivity index (χ1v) is 14.3. The Kier molecular flexibility index (Phi) is 10.2. The van der Waals surface area contributed by atoms with Gasteiger partial charge < -0.3 is 10.2 Å². The Balaban J connectivity index is 2.26. The van der Waals surface area contributed by atoms with Crippen LogP contribution in [0.5, 0.6) is 0 Å². The third kappa shape index (κ3) is 8.39. The Morgan fingerprint density at radius 3 is 2.14 bits per heavy atom. The highest BCUT2D eigenvalue weighted by molar-refractivity contribution is 7.92. The van der Waals surface area contributed by atoms with E-state index in [0.29, 0.717) is 21.3 Å². The van der Waals surface area contributed by atoms with Gasteiger partial charge in [0, 0.05) is 40.7 Å². The van der Waals surface area contributed by atoms with Gasteiger partial charge in [-0.15, -0.1) is 0 Å². The van der Waals surface area contributed by atoms with Crippen LogP contribution in [0, 0.1) is 6.92 Å². The van der Waals surface area contributed by atoms with Crippen LogP contribution in [0.25, 0.3) is 0 Å². The number of nitrogens with zero attached hydrogens (tertiary/aromatic N) is 2. The molecule has 7 nitrogen and oxygen atoms in total. The maximum absolute atomic E-state index is 13.4. The van der Waals surface area contributed by atoms with Gasteiger partial charge in [0.2, 0.25) is 21.8 Å². The van der Waals surface area contributed by atoms with Gasteiger partial charge in [-0.05, 0) is 64.8 Å². The van der Waals surface area contributed by atoms with E-state index in [-0.39, 0.29) is 37.7 Å². The predicted octanol–water partition coefficient (Wildman–Crippen LogP) is 5.18. The lowest BCUT2D eigenvalue weighted by atomic mass is 10.1. The van der Waals surface area contributed by atoms with Gasteiger partial charge in [0.25, 0.3) is 0 Å². The van der Waals surface area contributed by atoms with Crippen molar-refractivity contribution < 1.29 is 18.0 Å². The van der Waals surface area contributed by atoms with Crippen molar-refractivity contribution in [2.45, 2.75) is 65.6 Å². The number of benzene rings is 2. The van der Waals surface area contributed by atoms with E-state index in [2.05, 4.69) is 5.32 Å². The lowest BCUT2D eigenvalue weighted by Gasteiger charge is -2.32. The largest absolute Gasteiger partial charge is 0.350 e. The van der Waals surface area contributed by atoms with Gasteiger partial charge >= 0.3 is 0 Å². The van der Waals surface area contributed by atoms with Crippen molar-refractivity contribution in [1.29, 1.82) is 0 Å². The van der Waals surface area contributed by atoms with Crippen LogP contribution in [0.4, 0.5) is 5.69 Å². The first-order valence-electron chi connectivity index (χ1n) is 11.7. The normalized spacial score (nSPS) is 12.7. The topological polar surface area (TPSA) is 86.8 Å². The zero-order valence-electron chi connectivity index (χ0n) is 21.6. The Morgan fingerprint density at radius 1 is 1.03 bits per heavy atom. The molecule has 0 aromatic heterocycles. The van der Waals surface area contributed by atoms with E-state index in [1.807, 2.05) is 39.8 Å². The Bertz CT molecular complexity index is 1180. The molecule has 2 rings (SSSR count). The highest BCUT2D eigenvalue weighted by atomic mass is 35.5. The molecule has 1 N–H and O–H groups in total. The molecule has 0 saturated heterocycles. The molecule has 36 heavy (non-hydrogen) atoms. The predicted molar refractivity (Wildman–Crippen MR) is 147 cm³/mol. The van der Waals surface area contributed by atoms with Crippen LogP contribution in [-0.2, 0) is 26.2 Å². The molecule has 198 valence electrons. The van der Waals surface area contributed by atoms with Gasteiger partial charge in [-0.3, -0.25) is 13.9 Å². The standard InChI is InChI=1S/C26H35Cl2N3O4S/c1-18-11-7-8-14-23(18)31(36(6,34)35)16-10-15-24(32)30(19(2)25(33)29-26(3,4)5)17-20-21(27)12-9-13-22(20)28/h7-9,11-14,19H,10,15-17H2,1-6H3,(H,29,33)/t19-/m1/s1. The van der Waals surface area contributed by atoms with Crippen LogP contribution >= 0.6 is 23.2 Å². The number of aryl methyl sites for hydroxylation is 1. The maximum atomic E-state index is 13.4. The molecule has 0 saturated carbocycles. The molecule has 0 radical (unpaired) electrons. The molecule has 0 fully saturated rings. The number of hydrogen-bond acceptors (Lipinski definition) is 4. The maximum Gasteiger partial charge on any atom is 0.242 e. The van der Waals surface area contributed by atoms with E-state index >= 15 is 0 Å². The van der Waals surface area contributed by atoms with Crippen molar-refractivity contribution >= 4 is 50.7 Å². The molecular weight excluding hydrogens is 521 g/mol. The summed E-state index contributed by atoms with van der Waals surface area (Å²) in [7, 11) is -3.56. The second-order valence-electron chi connectivity index (χ2n) is 9.86. The van der Waals surface area contributed by atoms with Crippen LogP contribution in [0.2, 0.25) is 10.0 Å². The number of carbonyl (C=O) groups is 2. The fourth-order valence-electron chi connectivity index (χ4n) is 3.74. The molecule has 2 aromatic carbocycles. The minimum atomic E-state index is -3.56.